The molecule has 0 radical (unpaired) electrons. The molecule has 1 aromatic carbocycles. The van der Waals surface area contributed by atoms with Crippen molar-refractivity contribution >= 4 is 17.5 Å². The molecule has 5 nitrogen and oxygen atoms in total. The lowest BCUT2D eigenvalue weighted by Crippen LogP contribution is -2.09. The normalized spacial score (nSPS) is 11.1. The van der Waals surface area contributed by atoms with Gasteiger partial charge in [0.15, 0.2) is 5.78 Å². The van der Waals surface area contributed by atoms with E-state index in [1.54, 1.807) is 4.68 Å². The van der Waals surface area contributed by atoms with Gasteiger partial charge in [-0.1, -0.05) is 63.2 Å². The van der Waals surface area contributed by atoms with E-state index in [1.165, 1.54) is 17.3 Å². The molecule has 2 rings (SSSR count). The Kier molecular flexibility index (Phi) is 6.12. The van der Waals surface area contributed by atoms with Crippen LogP contribution in [0.3, 0.4) is 0 Å². The van der Waals surface area contributed by atoms with Crippen LogP contribution in [0.15, 0.2) is 29.4 Å². The van der Waals surface area contributed by atoms with Crippen molar-refractivity contribution in [3.63, 3.8) is 0 Å². The third-order valence-corrected chi connectivity index (χ3v) is 4.14. The maximum Gasteiger partial charge on any atom is 0.209 e. The first-order valence-corrected chi connectivity index (χ1v) is 8.59. The molecule has 0 atom stereocenters. The summed E-state index contributed by atoms with van der Waals surface area (Å²) in [5, 5.41) is 12.3. The second-order valence-corrected chi connectivity index (χ2v) is 6.64. The number of Topliss-reactive ketones (excluding diaryl/α,β-unsaturated/α-hetero) is 1. The minimum atomic E-state index is 0.104. The Morgan fingerprint density at radius 2 is 2.00 bits per heavy atom. The van der Waals surface area contributed by atoms with E-state index in [-0.39, 0.29) is 5.78 Å². The number of thioether (sulfide) groups is 1. The summed E-state index contributed by atoms with van der Waals surface area (Å²) < 4.78 is 1.76. The largest absolute Gasteiger partial charge is 0.293 e. The van der Waals surface area contributed by atoms with Crippen LogP contribution >= 0.6 is 11.8 Å². The number of nitrogens with zero attached hydrogens (tertiary/aromatic N) is 4. The standard InChI is InChI=1S/C16H22N4OS/c1-4-5-13-6-8-14(9-7-13)15(21)11-22-16-17-18-19-20(16)10-12(2)3/h6-9,12H,4-5,10-11H2,1-3H3. The van der Waals surface area contributed by atoms with Gasteiger partial charge < -0.3 is 0 Å². The van der Waals surface area contributed by atoms with Gasteiger partial charge in [-0.2, -0.15) is 0 Å². The third-order valence-electron chi connectivity index (χ3n) is 3.18. The van der Waals surface area contributed by atoms with Crippen molar-refractivity contribution in [3.8, 4) is 0 Å². The van der Waals surface area contributed by atoms with E-state index in [1.807, 2.05) is 24.3 Å². The number of hydrogen-bond donors (Lipinski definition) is 0. The summed E-state index contributed by atoms with van der Waals surface area (Å²) >= 11 is 1.39. The van der Waals surface area contributed by atoms with Crippen LogP contribution in [0.4, 0.5) is 0 Å². The predicted molar refractivity (Wildman–Crippen MR) is 88.1 cm³/mol. The molecule has 118 valence electrons. The maximum atomic E-state index is 12.2. The Morgan fingerprint density at radius 1 is 1.27 bits per heavy atom. The fourth-order valence-electron chi connectivity index (χ4n) is 2.12. The first kappa shape index (κ1) is 16.7. The average molecular weight is 318 g/mol. The Morgan fingerprint density at radius 3 is 2.64 bits per heavy atom. The molecule has 0 bridgehead atoms. The number of hydrogen-bond acceptors (Lipinski definition) is 5. The summed E-state index contributed by atoms with van der Waals surface area (Å²) in [5.41, 5.74) is 2.02. The molecule has 0 unspecified atom stereocenters. The topological polar surface area (TPSA) is 60.7 Å². The summed E-state index contributed by atoms with van der Waals surface area (Å²) in [6.07, 6.45) is 2.16. The van der Waals surface area contributed by atoms with E-state index < -0.39 is 0 Å². The van der Waals surface area contributed by atoms with E-state index in [0.717, 1.165) is 24.9 Å². The van der Waals surface area contributed by atoms with Gasteiger partial charge in [0.25, 0.3) is 0 Å². The molecular weight excluding hydrogens is 296 g/mol. The minimum Gasteiger partial charge on any atom is -0.293 e. The molecule has 0 N–H and O–H groups in total. The number of aromatic nitrogens is 4. The van der Waals surface area contributed by atoms with Crippen molar-refractivity contribution in [2.45, 2.75) is 45.3 Å². The maximum absolute atomic E-state index is 12.2. The van der Waals surface area contributed by atoms with Crippen LogP contribution in [0.5, 0.6) is 0 Å². The Hall–Kier alpha value is -1.69. The van der Waals surface area contributed by atoms with Gasteiger partial charge in [-0.3, -0.25) is 4.79 Å². The molecule has 6 heteroatoms. The summed E-state index contributed by atoms with van der Waals surface area (Å²) in [5.74, 6) is 0.919. The molecule has 0 amide bonds. The van der Waals surface area contributed by atoms with Gasteiger partial charge in [0, 0.05) is 12.1 Å². The average Bonchev–Trinajstić information content (AvgIpc) is 2.92. The number of carbonyl (C=O) groups is 1. The van der Waals surface area contributed by atoms with Crippen molar-refractivity contribution in [2.75, 3.05) is 5.75 Å². The summed E-state index contributed by atoms with van der Waals surface area (Å²) in [6, 6.07) is 7.88. The van der Waals surface area contributed by atoms with E-state index in [4.69, 9.17) is 0 Å². The molecule has 0 fully saturated rings. The number of carbonyl (C=O) groups excluding carboxylic acids is 1. The molecule has 0 spiro atoms. The van der Waals surface area contributed by atoms with Crippen LogP contribution in [0.25, 0.3) is 0 Å². The van der Waals surface area contributed by atoms with Gasteiger partial charge in [-0.25, -0.2) is 4.68 Å². The first-order valence-electron chi connectivity index (χ1n) is 7.61. The zero-order chi connectivity index (χ0) is 15.9. The number of aryl methyl sites for hydroxylation is 1. The quantitative estimate of drug-likeness (QED) is 0.552. The van der Waals surface area contributed by atoms with Gasteiger partial charge in [0.2, 0.25) is 5.16 Å². The van der Waals surface area contributed by atoms with Crippen LogP contribution in [0.2, 0.25) is 0 Å². The van der Waals surface area contributed by atoms with E-state index in [2.05, 4.69) is 36.3 Å². The van der Waals surface area contributed by atoms with Gasteiger partial charge in [-0.15, -0.1) is 5.10 Å². The lowest BCUT2D eigenvalue weighted by Gasteiger charge is -2.06. The van der Waals surface area contributed by atoms with E-state index in [9.17, 15) is 4.79 Å². The van der Waals surface area contributed by atoms with Crippen molar-refractivity contribution in [3.05, 3.63) is 35.4 Å². The molecular formula is C16H22N4OS. The van der Waals surface area contributed by atoms with Crippen molar-refractivity contribution < 1.29 is 4.79 Å². The number of rotatable bonds is 8. The summed E-state index contributed by atoms with van der Waals surface area (Å²) in [6.45, 7) is 7.13. The molecule has 22 heavy (non-hydrogen) atoms. The third kappa shape index (κ3) is 4.66. The summed E-state index contributed by atoms with van der Waals surface area (Å²) in [4.78, 5) is 12.2. The fourth-order valence-corrected chi connectivity index (χ4v) is 2.90. The highest BCUT2D eigenvalue weighted by molar-refractivity contribution is 7.99. The molecule has 0 saturated heterocycles. The SMILES string of the molecule is CCCc1ccc(C(=O)CSc2nnnn2CC(C)C)cc1. The smallest absolute Gasteiger partial charge is 0.209 e. The lowest BCUT2D eigenvalue weighted by atomic mass is 10.1. The fraction of sp³-hybridized carbons (Fsp3) is 0.500. The number of benzene rings is 1. The van der Waals surface area contributed by atoms with E-state index in [0.29, 0.717) is 16.8 Å². The van der Waals surface area contributed by atoms with Gasteiger partial charge in [-0.05, 0) is 28.3 Å². The second kappa shape index (κ2) is 8.08. The second-order valence-electron chi connectivity index (χ2n) is 5.70. The molecule has 2 aromatic rings. The highest BCUT2D eigenvalue weighted by Crippen LogP contribution is 2.17. The molecule has 1 aromatic heterocycles. The van der Waals surface area contributed by atoms with Gasteiger partial charge in [0.05, 0.1) is 5.75 Å². The monoisotopic (exact) mass is 318 g/mol. The first-order chi connectivity index (χ1) is 10.6. The molecule has 0 aliphatic heterocycles. The highest BCUT2D eigenvalue weighted by Gasteiger charge is 2.12. The van der Waals surface area contributed by atoms with Crippen molar-refractivity contribution in [1.29, 1.82) is 0 Å². The van der Waals surface area contributed by atoms with Crippen LogP contribution in [-0.4, -0.2) is 31.7 Å². The Balaban J connectivity index is 1.93. The minimum absolute atomic E-state index is 0.104. The van der Waals surface area contributed by atoms with Crippen LogP contribution in [0, 0.1) is 5.92 Å². The lowest BCUT2D eigenvalue weighted by molar-refractivity contribution is 0.102. The van der Waals surface area contributed by atoms with E-state index >= 15 is 0 Å². The van der Waals surface area contributed by atoms with Crippen LogP contribution in [0.1, 0.15) is 43.1 Å². The van der Waals surface area contributed by atoms with Crippen molar-refractivity contribution in [2.24, 2.45) is 5.92 Å². The summed E-state index contributed by atoms with van der Waals surface area (Å²) in [7, 11) is 0. The zero-order valence-corrected chi connectivity index (χ0v) is 14.1. The number of tetrazole rings is 1. The Bertz CT molecular complexity index is 607. The van der Waals surface area contributed by atoms with Gasteiger partial charge >= 0.3 is 0 Å². The van der Waals surface area contributed by atoms with Gasteiger partial charge in [0.1, 0.15) is 0 Å². The highest BCUT2D eigenvalue weighted by atomic mass is 32.2. The van der Waals surface area contributed by atoms with Crippen molar-refractivity contribution in [1.82, 2.24) is 20.2 Å². The molecule has 0 saturated carbocycles. The van der Waals surface area contributed by atoms with Crippen LogP contribution in [-0.2, 0) is 13.0 Å². The molecule has 0 aliphatic carbocycles. The zero-order valence-electron chi connectivity index (χ0n) is 13.3. The molecule has 1 heterocycles. The molecule has 0 aliphatic rings. The Labute approximate surface area is 135 Å². The number of ketones is 1. The predicted octanol–water partition coefficient (Wildman–Crippen LogP) is 3.26. The van der Waals surface area contributed by atoms with Crippen LogP contribution < -0.4 is 0 Å².